The van der Waals surface area contributed by atoms with Gasteiger partial charge in [-0.2, -0.15) is 4.39 Å². The number of benzene rings is 2. The minimum Gasteiger partial charge on any atom is -0.491 e. The molecule has 0 aliphatic heterocycles. The molecule has 1 aliphatic rings. The average molecular weight is 411 g/mol. The smallest absolute Gasteiger partial charge is 0.200 e. The van der Waals surface area contributed by atoms with E-state index in [2.05, 4.69) is 37.3 Å². The van der Waals surface area contributed by atoms with Gasteiger partial charge < -0.3 is 4.74 Å². The summed E-state index contributed by atoms with van der Waals surface area (Å²) in [6, 6.07) is 11.7. The van der Waals surface area contributed by atoms with E-state index in [0.29, 0.717) is 25.0 Å². The highest BCUT2D eigenvalue weighted by atomic mass is 19.2. The van der Waals surface area contributed by atoms with Crippen LogP contribution in [-0.2, 0) is 6.42 Å². The number of halogens is 2. The van der Waals surface area contributed by atoms with Crippen molar-refractivity contribution >= 4 is 11.6 Å². The van der Waals surface area contributed by atoms with E-state index in [1.807, 2.05) is 12.2 Å². The van der Waals surface area contributed by atoms with Gasteiger partial charge in [-0.1, -0.05) is 68.3 Å². The van der Waals surface area contributed by atoms with Crippen LogP contribution in [0, 0.1) is 17.6 Å². The SMILES string of the molecule is CCCC1CC=C(c2ccc(C=CCCc3ccc(OCC)c(F)c3F)cc2)CC1. The first-order valence-electron chi connectivity index (χ1n) is 11.2. The van der Waals surface area contributed by atoms with Gasteiger partial charge in [-0.15, -0.1) is 0 Å². The van der Waals surface area contributed by atoms with Crippen LogP contribution in [0.5, 0.6) is 5.75 Å². The van der Waals surface area contributed by atoms with Crippen LogP contribution in [0.25, 0.3) is 11.6 Å². The molecule has 0 bridgehead atoms. The third kappa shape index (κ3) is 5.81. The van der Waals surface area contributed by atoms with E-state index < -0.39 is 11.6 Å². The predicted octanol–water partition coefficient (Wildman–Crippen LogP) is 7.99. The van der Waals surface area contributed by atoms with Crippen molar-refractivity contribution in [2.24, 2.45) is 5.92 Å². The molecule has 0 saturated carbocycles. The van der Waals surface area contributed by atoms with E-state index in [1.54, 1.807) is 13.0 Å². The Bertz CT molecular complexity index is 880. The van der Waals surface area contributed by atoms with Crippen LogP contribution in [-0.4, -0.2) is 6.61 Å². The second kappa shape index (κ2) is 11.1. The van der Waals surface area contributed by atoms with Crippen LogP contribution in [0.3, 0.4) is 0 Å². The highest BCUT2D eigenvalue weighted by Gasteiger charge is 2.15. The van der Waals surface area contributed by atoms with Gasteiger partial charge in [0.25, 0.3) is 0 Å². The van der Waals surface area contributed by atoms with Crippen molar-refractivity contribution < 1.29 is 13.5 Å². The zero-order valence-corrected chi connectivity index (χ0v) is 18.1. The Morgan fingerprint density at radius 2 is 1.83 bits per heavy atom. The monoisotopic (exact) mass is 410 g/mol. The Balaban J connectivity index is 1.53. The van der Waals surface area contributed by atoms with Crippen molar-refractivity contribution in [3.05, 3.63) is 76.9 Å². The maximum Gasteiger partial charge on any atom is 0.200 e. The Kier molecular flexibility index (Phi) is 8.24. The normalized spacial score (nSPS) is 16.7. The summed E-state index contributed by atoms with van der Waals surface area (Å²) in [6.45, 7) is 4.32. The molecular formula is C27H32F2O. The molecule has 3 rings (SSSR count). The first kappa shape index (κ1) is 22.3. The Labute approximate surface area is 179 Å². The molecule has 0 saturated heterocycles. The molecule has 0 radical (unpaired) electrons. The second-order valence-corrected chi connectivity index (χ2v) is 8.01. The van der Waals surface area contributed by atoms with Crippen molar-refractivity contribution in [3.63, 3.8) is 0 Å². The van der Waals surface area contributed by atoms with Gasteiger partial charge in [-0.3, -0.25) is 0 Å². The Morgan fingerprint density at radius 3 is 2.50 bits per heavy atom. The fourth-order valence-corrected chi connectivity index (χ4v) is 4.12. The largest absolute Gasteiger partial charge is 0.491 e. The van der Waals surface area contributed by atoms with Gasteiger partial charge in [0.1, 0.15) is 0 Å². The van der Waals surface area contributed by atoms with Crippen molar-refractivity contribution in [2.45, 2.75) is 58.8 Å². The second-order valence-electron chi connectivity index (χ2n) is 8.01. The average Bonchev–Trinajstić information content (AvgIpc) is 2.77. The lowest BCUT2D eigenvalue weighted by Gasteiger charge is -2.21. The highest BCUT2D eigenvalue weighted by molar-refractivity contribution is 5.67. The van der Waals surface area contributed by atoms with Crippen molar-refractivity contribution in [3.8, 4) is 5.75 Å². The number of rotatable bonds is 9. The molecular weight excluding hydrogens is 378 g/mol. The molecule has 160 valence electrons. The minimum atomic E-state index is -0.896. The fraction of sp³-hybridized carbons (Fsp3) is 0.407. The summed E-state index contributed by atoms with van der Waals surface area (Å²) in [5.41, 5.74) is 4.28. The van der Waals surface area contributed by atoms with Gasteiger partial charge in [0.05, 0.1) is 6.61 Å². The van der Waals surface area contributed by atoms with Crippen LogP contribution in [0.1, 0.15) is 69.1 Å². The van der Waals surface area contributed by atoms with Gasteiger partial charge >= 0.3 is 0 Å². The van der Waals surface area contributed by atoms with Crippen LogP contribution in [0.15, 0.2) is 48.6 Å². The van der Waals surface area contributed by atoms with E-state index >= 15 is 0 Å². The number of ether oxygens (including phenoxy) is 1. The maximum absolute atomic E-state index is 14.1. The summed E-state index contributed by atoms with van der Waals surface area (Å²) in [4.78, 5) is 0. The molecule has 30 heavy (non-hydrogen) atoms. The maximum atomic E-state index is 14.1. The van der Waals surface area contributed by atoms with Gasteiger partial charge in [-0.25, -0.2) is 4.39 Å². The summed E-state index contributed by atoms with van der Waals surface area (Å²) < 4.78 is 33.2. The lowest BCUT2D eigenvalue weighted by atomic mass is 9.84. The molecule has 1 unspecified atom stereocenters. The molecule has 1 atom stereocenters. The standard InChI is InChI=1S/C27H32F2O/c1-3-7-20-10-14-22(15-11-20)23-16-12-21(13-17-23)8-5-6-9-24-18-19-25(30-4-2)27(29)26(24)28/h5,8,12-14,16-20H,3-4,6-7,9-11,15H2,1-2H3. The summed E-state index contributed by atoms with van der Waals surface area (Å²) in [5, 5.41) is 0. The van der Waals surface area contributed by atoms with Crippen molar-refractivity contribution in [1.82, 2.24) is 0 Å². The molecule has 3 heteroatoms. The summed E-state index contributed by atoms with van der Waals surface area (Å²) in [5.74, 6) is -0.870. The molecule has 0 aromatic heterocycles. The van der Waals surface area contributed by atoms with Crippen LogP contribution in [0.4, 0.5) is 8.78 Å². The number of hydrogen-bond donors (Lipinski definition) is 0. The van der Waals surface area contributed by atoms with Crippen LogP contribution >= 0.6 is 0 Å². The van der Waals surface area contributed by atoms with Crippen LogP contribution < -0.4 is 4.74 Å². The van der Waals surface area contributed by atoms with Gasteiger partial charge in [0.2, 0.25) is 5.82 Å². The first-order chi connectivity index (χ1) is 14.6. The third-order valence-electron chi connectivity index (χ3n) is 5.82. The number of hydrogen-bond acceptors (Lipinski definition) is 1. The lowest BCUT2D eigenvalue weighted by Crippen LogP contribution is -2.04. The fourth-order valence-electron chi connectivity index (χ4n) is 4.12. The van der Waals surface area contributed by atoms with Gasteiger partial charge in [0, 0.05) is 0 Å². The number of aryl methyl sites for hydroxylation is 1. The summed E-state index contributed by atoms with van der Waals surface area (Å²) in [7, 11) is 0. The molecule has 1 nitrogen and oxygen atoms in total. The Morgan fingerprint density at radius 1 is 1.03 bits per heavy atom. The zero-order chi connectivity index (χ0) is 21.3. The highest BCUT2D eigenvalue weighted by Crippen LogP contribution is 2.32. The predicted molar refractivity (Wildman–Crippen MR) is 122 cm³/mol. The molecule has 0 fully saturated rings. The zero-order valence-electron chi connectivity index (χ0n) is 18.1. The van der Waals surface area contributed by atoms with E-state index in [-0.39, 0.29) is 5.75 Å². The molecule has 0 N–H and O–H groups in total. The minimum absolute atomic E-state index is 0.0247. The van der Waals surface area contributed by atoms with E-state index in [1.165, 1.54) is 49.3 Å². The van der Waals surface area contributed by atoms with Gasteiger partial charge in [0.15, 0.2) is 11.6 Å². The number of allylic oxidation sites excluding steroid dienone is 3. The summed E-state index contributed by atoms with van der Waals surface area (Å²) >= 11 is 0. The molecule has 0 amide bonds. The quantitative estimate of drug-likeness (QED) is 0.407. The van der Waals surface area contributed by atoms with Crippen LogP contribution in [0.2, 0.25) is 0 Å². The molecule has 2 aromatic carbocycles. The van der Waals surface area contributed by atoms with E-state index in [9.17, 15) is 8.78 Å². The van der Waals surface area contributed by atoms with Gasteiger partial charge in [-0.05, 0) is 73.3 Å². The molecule has 2 aromatic rings. The lowest BCUT2D eigenvalue weighted by molar-refractivity contribution is 0.313. The Hall–Kier alpha value is -2.42. The molecule has 0 heterocycles. The van der Waals surface area contributed by atoms with E-state index in [0.717, 1.165) is 11.5 Å². The van der Waals surface area contributed by atoms with Crippen molar-refractivity contribution in [2.75, 3.05) is 6.61 Å². The van der Waals surface area contributed by atoms with E-state index in [4.69, 9.17) is 4.74 Å². The molecule has 1 aliphatic carbocycles. The summed E-state index contributed by atoms with van der Waals surface area (Å²) in [6.07, 6.45) is 13.8. The first-order valence-corrected chi connectivity index (χ1v) is 11.2. The third-order valence-corrected chi connectivity index (χ3v) is 5.82. The van der Waals surface area contributed by atoms with Crippen molar-refractivity contribution in [1.29, 1.82) is 0 Å². The molecule has 0 spiro atoms. The topological polar surface area (TPSA) is 9.23 Å².